The van der Waals surface area contributed by atoms with Crippen molar-refractivity contribution in [3.63, 3.8) is 0 Å². The number of hydrogen-bond acceptors (Lipinski definition) is 2. The molecule has 4 radical (unpaired) electrons. The molecule has 7 heavy (non-hydrogen) atoms. The van der Waals surface area contributed by atoms with E-state index in [9.17, 15) is 0 Å². The summed E-state index contributed by atoms with van der Waals surface area (Å²) in [5.41, 5.74) is 0. The molecule has 6 N–H and O–H groups in total. The predicted octanol–water partition coefficient (Wildman–Crippen LogP) is -2.81. The van der Waals surface area contributed by atoms with Crippen molar-refractivity contribution in [1.82, 2.24) is 6.15 Å². The van der Waals surface area contributed by atoms with Gasteiger partial charge >= 0.3 is 30.5 Å². The SMILES string of the molecule is O=[As]([O-])(O)O.[NH4+].[Sn]. The fourth-order valence-electron chi connectivity index (χ4n) is 0. The van der Waals surface area contributed by atoms with Crippen molar-refractivity contribution in [2.24, 2.45) is 0 Å². The van der Waals surface area contributed by atoms with E-state index in [0.29, 0.717) is 0 Å². The van der Waals surface area contributed by atoms with Crippen LogP contribution in [0, 0.1) is 0 Å². The van der Waals surface area contributed by atoms with Gasteiger partial charge in [0.2, 0.25) is 0 Å². The summed E-state index contributed by atoms with van der Waals surface area (Å²) in [5, 5.41) is 0. The topological polar surface area (TPSA) is 117 Å². The maximum atomic E-state index is 8.83. The molecular weight excluding hydrogens is 272 g/mol. The quantitative estimate of drug-likeness (QED) is 0.414. The monoisotopic (exact) mass is 279 g/mol. The average Bonchev–Trinajstić information content (AvgIpc) is 0.722. The van der Waals surface area contributed by atoms with Gasteiger partial charge in [-0.2, -0.15) is 0 Å². The summed E-state index contributed by atoms with van der Waals surface area (Å²) >= 11 is -5.38. The van der Waals surface area contributed by atoms with E-state index in [2.05, 4.69) is 0 Å². The molecule has 0 aromatic heterocycles. The van der Waals surface area contributed by atoms with Crippen LogP contribution in [0.4, 0.5) is 0 Å². The third-order valence-electron chi connectivity index (χ3n) is 0. The molecule has 0 amide bonds. The number of hydrogen-bond donors (Lipinski definition) is 3. The first-order chi connectivity index (χ1) is 2.00. The molecule has 5 nitrogen and oxygen atoms in total. The number of rotatable bonds is 0. The summed E-state index contributed by atoms with van der Waals surface area (Å²) in [6.07, 6.45) is 0. The molecule has 0 aromatic carbocycles. The molecule has 0 atom stereocenters. The van der Waals surface area contributed by atoms with Gasteiger partial charge in [-0.3, -0.25) is 0 Å². The number of quaternary nitrogens is 1. The van der Waals surface area contributed by atoms with E-state index in [1.165, 1.54) is 0 Å². The molecule has 0 aliphatic rings. The maximum Gasteiger partial charge on any atom is 0 e. The van der Waals surface area contributed by atoms with Crippen molar-refractivity contribution >= 4 is 38.4 Å². The fourth-order valence-corrected chi connectivity index (χ4v) is 0. The van der Waals surface area contributed by atoms with Gasteiger partial charge in [0.05, 0.1) is 0 Å². The smallest absolute Gasteiger partial charge is 0 e. The van der Waals surface area contributed by atoms with E-state index in [0.717, 1.165) is 0 Å². The van der Waals surface area contributed by atoms with E-state index in [-0.39, 0.29) is 30.1 Å². The Kier molecular flexibility index (Phi) is 11.5. The van der Waals surface area contributed by atoms with Gasteiger partial charge in [-0.15, -0.1) is 0 Å². The Morgan fingerprint density at radius 3 is 1.43 bits per heavy atom. The van der Waals surface area contributed by atoms with Crippen LogP contribution in [-0.4, -0.2) is 46.6 Å². The molecular formula is H6AsNO4Sn. The van der Waals surface area contributed by atoms with Crippen molar-refractivity contribution in [2.75, 3.05) is 0 Å². The van der Waals surface area contributed by atoms with Gasteiger partial charge in [-0.05, 0) is 0 Å². The Balaban J connectivity index is -0.0000000800. The van der Waals surface area contributed by atoms with Crippen LogP contribution < -0.4 is 10.2 Å². The standard InChI is InChI=1S/AsH3O4.H3N.Sn/c2-1(3,4)5;;/h(H3,2,3,4,5);1H3;. The molecule has 0 spiro atoms. The molecule has 44 valence electrons. The summed E-state index contributed by atoms with van der Waals surface area (Å²) in [6.45, 7) is 0. The van der Waals surface area contributed by atoms with Crippen LogP contribution in [0.25, 0.3) is 0 Å². The molecule has 0 saturated heterocycles. The first-order valence-corrected chi connectivity index (χ1v) is 3.98. The van der Waals surface area contributed by atoms with Crippen molar-refractivity contribution in [3.8, 4) is 0 Å². The largest absolute Gasteiger partial charge is 0.369 e. The third kappa shape index (κ3) is 176. The molecule has 0 unspecified atom stereocenters. The maximum absolute atomic E-state index is 8.83. The first-order valence-electron chi connectivity index (χ1n) is 0.765. The molecule has 0 aromatic rings. The van der Waals surface area contributed by atoms with Gasteiger partial charge < -0.3 is 6.15 Å². The Hall–Kier alpha value is 0.997. The summed E-state index contributed by atoms with van der Waals surface area (Å²) in [5.74, 6) is 0. The minimum atomic E-state index is -5.38. The van der Waals surface area contributed by atoms with Crippen LogP contribution in [-0.2, 0) is 3.74 Å². The van der Waals surface area contributed by atoms with Crippen molar-refractivity contribution in [3.05, 3.63) is 0 Å². The molecule has 0 bridgehead atoms. The average molecular weight is 278 g/mol. The van der Waals surface area contributed by atoms with Crippen LogP contribution >= 0.6 is 0 Å². The first kappa shape index (κ1) is 15.7. The van der Waals surface area contributed by atoms with Crippen LogP contribution in [0.5, 0.6) is 0 Å². The molecule has 0 fully saturated rings. The van der Waals surface area contributed by atoms with Crippen molar-refractivity contribution < 1.29 is 16.0 Å². The van der Waals surface area contributed by atoms with Gasteiger partial charge in [0.1, 0.15) is 0 Å². The van der Waals surface area contributed by atoms with E-state index in [1.54, 1.807) is 0 Å². The van der Waals surface area contributed by atoms with E-state index < -0.39 is 14.5 Å². The zero-order chi connectivity index (χ0) is 4.50. The summed E-state index contributed by atoms with van der Waals surface area (Å²) in [7, 11) is 0. The fraction of sp³-hybridized carbons (Fsp3) is 0. The molecule has 0 rings (SSSR count). The van der Waals surface area contributed by atoms with E-state index in [1.807, 2.05) is 0 Å². The summed E-state index contributed by atoms with van der Waals surface area (Å²) in [4.78, 5) is 0. The summed E-state index contributed by atoms with van der Waals surface area (Å²) < 4.78 is 31.9. The minimum Gasteiger partial charge on any atom is -0.369 e. The molecule has 0 heterocycles. The summed E-state index contributed by atoms with van der Waals surface area (Å²) in [6, 6.07) is 0. The van der Waals surface area contributed by atoms with E-state index >= 15 is 0 Å². The Morgan fingerprint density at radius 1 is 1.43 bits per heavy atom. The normalized spacial score (nSPS) is 8.43. The van der Waals surface area contributed by atoms with Crippen LogP contribution in [0.1, 0.15) is 0 Å². The zero-order valence-corrected chi connectivity index (χ0v) is 8.39. The Labute approximate surface area is 60.6 Å². The third-order valence-corrected chi connectivity index (χ3v) is 0. The van der Waals surface area contributed by atoms with Crippen molar-refractivity contribution in [2.45, 2.75) is 0 Å². The molecule has 0 aliphatic carbocycles. The minimum absolute atomic E-state index is 0. The van der Waals surface area contributed by atoms with E-state index in [4.69, 9.17) is 16.0 Å². The second-order valence-corrected chi connectivity index (χ2v) is 2.55. The van der Waals surface area contributed by atoms with Crippen LogP contribution in [0.3, 0.4) is 0 Å². The second-order valence-electron chi connectivity index (χ2n) is 0.491. The Bertz CT molecular complexity index is 57.8. The van der Waals surface area contributed by atoms with Gasteiger partial charge in [0, 0.05) is 23.9 Å². The van der Waals surface area contributed by atoms with Gasteiger partial charge in [-0.1, -0.05) is 0 Å². The van der Waals surface area contributed by atoms with Crippen LogP contribution in [0.15, 0.2) is 0 Å². The van der Waals surface area contributed by atoms with Gasteiger partial charge in [-0.25, -0.2) is 0 Å². The molecule has 7 heteroatoms. The molecule has 0 aliphatic heterocycles. The van der Waals surface area contributed by atoms with Crippen LogP contribution in [0.2, 0.25) is 0 Å². The van der Waals surface area contributed by atoms with Crippen molar-refractivity contribution in [1.29, 1.82) is 0 Å². The van der Waals surface area contributed by atoms with Gasteiger partial charge in [0.15, 0.2) is 0 Å². The predicted molar refractivity (Wildman–Crippen MR) is 22.6 cm³/mol. The van der Waals surface area contributed by atoms with Gasteiger partial charge in [0.25, 0.3) is 0 Å². The Morgan fingerprint density at radius 2 is 1.43 bits per heavy atom. The molecule has 0 saturated carbocycles. The zero-order valence-electron chi connectivity index (χ0n) is 3.66. The second kappa shape index (κ2) is 5.14.